The Hall–Kier alpha value is -1.90. The Labute approximate surface area is 120 Å². The summed E-state index contributed by atoms with van der Waals surface area (Å²) in [5.41, 5.74) is 1.08. The van der Waals surface area contributed by atoms with Gasteiger partial charge in [0.05, 0.1) is 0 Å². The molecule has 1 saturated heterocycles. The Bertz CT molecular complexity index is 567. The lowest BCUT2D eigenvalue weighted by Crippen LogP contribution is -2.34. The van der Waals surface area contributed by atoms with Crippen LogP contribution in [0.2, 0.25) is 0 Å². The molecule has 0 bridgehead atoms. The highest BCUT2D eigenvalue weighted by molar-refractivity contribution is 5.57. The van der Waals surface area contributed by atoms with E-state index in [-0.39, 0.29) is 0 Å². The van der Waals surface area contributed by atoms with E-state index in [1.807, 2.05) is 30.5 Å². The molecule has 3 heteroatoms. The summed E-state index contributed by atoms with van der Waals surface area (Å²) in [6, 6.07) is 13.4. The minimum atomic E-state index is 0.568. The Morgan fingerprint density at radius 2 is 1.95 bits per heavy atom. The number of nitrogens with zero attached hydrogens (tertiary/aromatic N) is 3. The van der Waals surface area contributed by atoms with Crippen molar-refractivity contribution in [2.45, 2.75) is 45.2 Å². The van der Waals surface area contributed by atoms with Crippen LogP contribution in [0.1, 0.15) is 33.1 Å². The third kappa shape index (κ3) is 2.40. The largest absolute Gasteiger partial charge is 0.351 e. The molecule has 3 nitrogen and oxygen atoms in total. The minimum Gasteiger partial charge on any atom is -0.351 e. The fraction of sp³-hybridized carbons (Fsp3) is 0.412. The average molecular weight is 267 g/mol. The smallest absolute Gasteiger partial charge is 0.161 e. The molecular weight excluding hydrogens is 246 g/mol. The number of aromatic nitrogens is 2. The quantitative estimate of drug-likeness (QED) is 0.844. The molecule has 0 radical (unpaired) electrons. The summed E-state index contributed by atoms with van der Waals surface area (Å²) in [4.78, 5) is 11.7. The average Bonchev–Trinajstić information content (AvgIpc) is 2.89. The second-order valence-electron chi connectivity index (χ2n) is 5.50. The van der Waals surface area contributed by atoms with E-state index in [1.165, 1.54) is 19.3 Å². The van der Waals surface area contributed by atoms with Gasteiger partial charge in [-0.3, -0.25) is 0 Å². The van der Waals surface area contributed by atoms with Gasteiger partial charge in [0.15, 0.2) is 5.82 Å². The van der Waals surface area contributed by atoms with Crippen molar-refractivity contribution in [2.75, 3.05) is 4.90 Å². The van der Waals surface area contributed by atoms with Gasteiger partial charge >= 0.3 is 0 Å². The van der Waals surface area contributed by atoms with Crippen molar-refractivity contribution in [3.05, 3.63) is 42.6 Å². The normalized spacial score (nSPS) is 22.2. The highest BCUT2D eigenvalue weighted by Gasteiger charge is 2.30. The first-order valence-electron chi connectivity index (χ1n) is 7.46. The van der Waals surface area contributed by atoms with Gasteiger partial charge in [0.2, 0.25) is 0 Å². The molecule has 2 aromatic rings. The van der Waals surface area contributed by atoms with Crippen LogP contribution in [0.15, 0.2) is 42.6 Å². The maximum absolute atomic E-state index is 4.79. The van der Waals surface area contributed by atoms with Crippen LogP contribution in [0.5, 0.6) is 0 Å². The van der Waals surface area contributed by atoms with Crippen molar-refractivity contribution in [3.63, 3.8) is 0 Å². The van der Waals surface area contributed by atoms with Crippen LogP contribution in [0.3, 0.4) is 0 Å². The monoisotopic (exact) mass is 267 g/mol. The highest BCUT2D eigenvalue weighted by atomic mass is 15.3. The van der Waals surface area contributed by atoms with Crippen molar-refractivity contribution >= 4 is 5.82 Å². The SMILES string of the molecule is CC[C@@H]1CC[C@@H](C)N1c1ccnc(-c2ccccc2)n1. The lowest BCUT2D eigenvalue weighted by molar-refractivity contribution is 0.621. The van der Waals surface area contributed by atoms with Crippen LogP contribution in [-0.2, 0) is 0 Å². The third-order valence-corrected chi connectivity index (χ3v) is 4.19. The fourth-order valence-corrected chi connectivity index (χ4v) is 3.10. The fourth-order valence-electron chi connectivity index (χ4n) is 3.10. The third-order valence-electron chi connectivity index (χ3n) is 4.19. The molecule has 0 N–H and O–H groups in total. The first kappa shape index (κ1) is 13.1. The summed E-state index contributed by atoms with van der Waals surface area (Å²) in [6.45, 7) is 4.55. The molecule has 1 aliphatic heterocycles. The van der Waals surface area contributed by atoms with Gasteiger partial charge in [0.25, 0.3) is 0 Å². The standard InChI is InChI=1S/C17H21N3/c1-3-15-10-9-13(2)20(15)16-11-12-18-17(19-16)14-7-5-4-6-8-14/h4-8,11-13,15H,3,9-10H2,1-2H3/t13-,15-/m1/s1. The van der Waals surface area contributed by atoms with Crippen molar-refractivity contribution in [1.29, 1.82) is 0 Å². The molecule has 0 spiro atoms. The molecule has 0 aliphatic carbocycles. The van der Waals surface area contributed by atoms with Gasteiger partial charge in [0, 0.05) is 23.8 Å². The molecule has 2 heterocycles. The zero-order valence-electron chi connectivity index (χ0n) is 12.2. The van der Waals surface area contributed by atoms with Crippen molar-refractivity contribution in [2.24, 2.45) is 0 Å². The van der Waals surface area contributed by atoms with E-state index in [0.717, 1.165) is 17.2 Å². The van der Waals surface area contributed by atoms with E-state index in [4.69, 9.17) is 4.98 Å². The Morgan fingerprint density at radius 3 is 2.70 bits per heavy atom. The van der Waals surface area contributed by atoms with Crippen molar-refractivity contribution in [3.8, 4) is 11.4 Å². The molecule has 20 heavy (non-hydrogen) atoms. The lowest BCUT2D eigenvalue weighted by atomic mass is 10.1. The molecule has 0 saturated carbocycles. The second kappa shape index (κ2) is 5.61. The van der Waals surface area contributed by atoms with Gasteiger partial charge in [-0.05, 0) is 32.3 Å². The summed E-state index contributed by atoms with van der Waals surface area (Å²) in [6.07, 6.45) is 5.57. The first-order chi connectivity index (χ1) is 9.79. The summed E-state index contributed by atoms with van der Waals surface area (Å²) in [7, 11) is 0. The van der Waals surface area contributed by atoms with Crippen LogP contribution in [0.25, 0.3) is 11.4 Å². The Kier molecular flexibility index (Phi) is 3.68. The highest BCUT2D eigenvalue weighted by Crippen LogP contribution is 2.31. The summed E-state index contributed by atoms with van der Waals surface area (Å²) in [5, 5.41) is 0. The molecule has 104 valence electrons. The number of hydrogen-bond acceptors (Lipinski definition) is 3. The van der Waals surface area contributed by atoms with E-state index in [2.05, 4.69) is 35.9 Å². The van der Waals surface area contributed by atoms with Crippen LogP contribution >= 0.6 is 0 Å². The van der Waals surface area contributed by atoms with Crippen molar-refractivity contribution < 1.29 is 0 Å². The Morgan fingerprint density at radius 1 is 1.15 bits per heavy atom. The molecule has 3 rings (SSSR count). The molecule has 1 fully saturated rings. The van der Waals surface area contributed by atoms with Crippen LogP contribution in [0, 0.1) is 0 Å². The topological polar surface area (TPSA) is 29.0 Å². The number of rotatable bonds is 3. The summed E-state index contributed by atoms with van der Waals surface area (Å²) in [5.74, 6) is 1.88. The van der Waals surface area contributed by atoms with E-state index in [0.29, 0.717) is 12.1 Å². The van der Waals surface area contributed by atoms with E-state index >= 15 is 0 Å². The van der Waals surface area contributed by atoms with Gasteiger partial charge in [-0.1, -0.05) is 37.3 Å². The predicted octanol–water partition coefficient (Wildman–Crippen LogP) is 3.91. The molecule has 1 aliphatic rings. The van der Waals surface area contributed by atoms with Crippen LogP contribution in [-0.4, -0.2) is 22.1 Å². The Balaban J connectivity index is 1.95. The molecule has 1 aromatic carbocycles. The second-order valence-corrected chi connectivity index (χ2v) is 5.50. The zero-order valence-corrected chi connectivity index (χ0v) is 12.2. The maximum Gasteiger partial charge on any atom is 0.161 e. The molecule has 0 unspecified atom stereocenters. The predicted molar refractivity (Wildman–Crippen MR) is 82.7 cm³/mol. The van der Waals surface area contributed by atoms with Gasteiger partial charge < -0.3 is 4.90 Å². The van der Waals surface area contributed by atoms with Gasteiger partial charge in [-0.25, -0.2) is 9.97 Å². The van der Waals surface area contributed by atoms with Crippen LogP contribution < -0.4 is 4.90 Å². The zero-order chi connectivity index (χ0) is 13.9. The summed E-state index contributed by atoms with van der Waals surface area (Å²) < 4.78 is 0. The molecule has 2 atom stereocenters. The van der Waals surface area contributed by atoms with E-state index in [9.17, 15) is 0 Å². The van der Waals surface area contributed by atoms with Gasteiger partial charge in [0.1, 0.15) is 5.82 Å². The van der Waals surface area contributed by atoms with Crippen LogP contribution in [0.4, 0.5) is 5.82 Å². The van der Waals surface area contributed by atoms with E-state index < -0.39 is 0 Å². The number of hydrogen-bond donors (Lipinski definition) is 0. The van der Waals surface area contributed by atoms with Crippen molar-refractivity contribution in [1.82, 2.24) is 9.97 Å². The molecule has 0 amide bonds. The minimum absolute atomic E-state index is 0.568. The molecule has 1 aromatic heterocycles. The van der Waals surface area contributed by atoms with Gasteiger partial charge in [-0.15, -0.1) is 0 Å². The van der Waals surface area contributed by atoms with E-state index in [1.54, 1.807) is 0 Å². The number of anilines is 1. The molecular formula is C17H21N3. The lowest BCUT2D eigenvalue weighted by Gasteiger charge is -2.29. The maximum atomic E-state index is 4.79. The van der Waals surface area contributed by atoms with Gasteiger partial charge in [-0.2, -0.15) is 0 Å². The number of benzene rings is 1. The summed E-state index contributed by atoms with van der Waals surface area (Å²) >= 11 is 0. The first-order valence-corrected chi connectivity index (χ1v) is 7.46.